The summed E-state index contributed by atoms with van der Waals surface area (Å²) >= 11 is 0. The van der Waals surface area contributed by atoms with Crippen molar-refractivity contribution in [2.24, 2.45) is 11.8 Å². The van der Waals surface area contributed by atoms with Gasteiger partial charge in [0.1, 0.15) is 0 Å². The van der Waals surface area contributed by atoms with Gasteiger partial charge in [0.2, 0.25) is 0 Å². The second-order valence-electron chi connectivity index (χ2n) is 5.03. The molecule has 0 heterocycles. The summed E-state index contributed by atoms with van der Waals surface area (Å²) < 4.78 is 4.51. The highest BCUT2D eigenvalue weighted by molar-refractivity contribution is 5.78. The highest BCUT2D eigenvalue weighted by Gasteiger charge is 2.32. The number of aliphatic hydroxyl groups is 2. The van der Waals surface area contributed by atoms with Crippen molar-refractivity contribution in [2.75, 3.05) is 26.8 Å². The molecule has 0 aliphatic heterocycles. The van der Waals surface area contributed by atoms with Crippen LogP contribution in [0.5, 0.6) is 0 Å². The first-order valence-electron chi connectivity index (χ1n) is 6.13. The Morgan fingerprint density at radius 2 is 2.12 bits per heavy atom. The van der Waals surface area contributed by atoms with Gasteiger partial charge in [0.15, 0.2) is 5.60 Å². The van der Waals surface area contributed by atoms with Gasteiger partial charge in [-0.25, -0.2) is 4.79 Å². The number of carbonyl (C=O) groups excluding carboxylic acids is 1. The lowest BCUT2D eigenvalue weighted by Gasteiger charge is -2.23. The molecule has 0 aromatic heterocycles. The summed E-state index contributed by atoms with van der Waals surface area (Å²) in [7, 11) is 1.26. The van der Waals surface area contributed by atoms with Gasteiger partial charge in [-0.2, -0.15) is 0 Å². The zero-order chi connectivity index (χ0) is 12.9. The molecule has 1 aliphatic carbocycles. The summed E-state index contributed by atoms with van der Waals surface area (Å²) in [5, 5.41) is 22.0. The van der Waals surface area contributed by atoms with Crippen molar-refractivity contribution < 1.29 is 19.7 Å². The summed E-state index contributed by atoms with van der Waals surface area (Å²) in [6, 6.07) is 0. The van der Waals surface area contributed by atoms with Gasteiger partial charge in [-0.1, -0.05) is 6.42 Å². The fourth-order valence-corrected chi connectivity index (χ4v) is 2.42. The molecule has 0 saturated heterocycles. The van der Waals surface area contributed by atoms with Gasteiger partial charge in [-0.15, -0.1) is 0 Å². The maximum Gasteiger partial charge on any atom is 0.338 e. The second-order valence-corrected chi connectivity index (χ2v) is 5.03. The number of carbonyl (C=O) groups is 1. The summed E-state index contributed by atoms with van der Waals surface area (Å²) in [4.78, 5) is 11.2. The van der Waals surface area contributed by atoms with Crippen molar-refractivity contribution in [3.8, 4) is 0 Å². The van der Waals surface area contributed by atoms with Gasteiger partial charge in [0.05, 0.1) is 7.11 Å². The van der Waals surface area contributed by atoms with E-state index < -0.39 is 11.6 Å². The zero-order valence-electron chi connectivity index (χ0n) is 10.6. The number of ether oxygens (including phenoxy) is 1. The lowest BCUT2D eigenvalue weighted by Crippen LogP contribution is -2.46. The molecule has 1 aliphatic rings. The minimum absolute atomic E-state index is 0.175. The molecule has 17 heavy (non-hydrogen) atoms. The Balaban J connectivity index is 2.29. The zero-order valence-corrected chi connectivity index (χ0v) is 10.6. The third kappa shape index (κ3) is 3.94. The highest BCUT2D eigenvalue weighted by Crippen LogP contribution is 2.30. The van der Waals surface area contributed by atoms with Crippen LogP contribution < -0.4 is 5.32 Å². The molecular formula is C12H23NO4. The molecule has 1 saturated carbocycles. The fraction of sp³-hybridized carbons (Fsp3) is 0.917. The molecule has 0 bridgehead atoms. The quantitative estimate of drug-likeness (QED) is 0.570. The van der Waals surface area contributed by atoms with Crippen LogP contribution in [-0.4, -0.2) is 48.6 Å². The molecule has 1 rings (SSSR count). The van der Waals surface area contributed by atoms with Gasteiger partial charge in [0, 0.05) is 13.2 Å². The number of esters is 1. The summed E-state index contributed by atoms with van der Waals surface area (Å²) in [5.41, 5.74) is -1.48. The van der Waals surface area contributed by atoms with Crippen molar-refractivity contribution in [1.82, 2.24) is 5.32 Å². The first-order valence-corrected chi connectivity index (χ1v) is 6.13. The minimum Gasteiger partial charge on any atom is -0.467 e. The Hall–Kier alpha value is -0.650. The van der Waals surface area contributed by atoms with Crippen LogP contribution in [0.1, 0.15) is 26.2 Å². The Labute approximate surface area is 102 Å². The Morgan fingerprint density at radius 1 is 1.47 bits per heavy atom. The minimum atomic E-state index is -1.48. The van der Waals surface area contributed by atoms with Crippen LogP contribution in [0.15, 0.2) is 0 Å². The van der Waals surface area contributed by atoms with Crippen LogP contribution in [0.25, 0.3) is 0 Å². The third-order valence-corrected chi connectivity index (χ3v) is 3.55. The number of methoxy groups -OCH3 is 1. The van der Waals surface area contributed by atoms with Gasteiger partial charge in [-0.05, 0) is 38.1 Å². The third-order valence-electron chi connectivity index (χ3n) is 3.55. The SMILES string of the molecule is COC(=O)C(C)(O)CNCC1CCCC1CO. The normalized spacial score (nSPS) is 27.8. The largest absolute Gasteiger partial charge is 0.467 e. The molecule has 0 amide bonds. The molecule has 5 heteroatoms. The molecule has 5 nitrogen and oxygen atoms in total. The van der Waals surface area contributed by atoms with Gasteiger partial charge >= 0.3 is 5.97 Å². The van der Waals surface area contributed by atoms with E-state index in [1.165, 1.54) is 14.0 Å². The van der Waals surface area contributed by atoms with Gasteiger partial charge < -0.3 is 20.3 Å². The molecule has 0 radical (unpaired) electrons. The van der Waals surface area contributed by atoms with Crippen LogP contribution in [0, 0.1) is 11.8 Å². The van der Waals surface area contributed by atoms with E-state index in [-0.39, 0.29) is 13.2 Å². The van der Waals surface area contributed by atoms with E-state index in [9.17, 15) is 15.0 Å². The molecule has 0 spiro atoms. The van der Waals surface area contributed by atoms with Crippen molar-refractivity contribution in [3.63, 3.8) is 0 Å². The molecule has 0 aromatic rings. The molecule has 100 valence electrons. The second kappa shape index (κ2) is 6.33. The van der Waals surface area contributed by atoms with Crippen LogP contribution in [-0.2, 0) is 9.53 Å². The van der Waals surface area contributed by atoms with E-state index in [2.05, 4.69) is 10.1 Å². The first-order chi connectivity index (χ1) is 8.01. The monoisotopic (exact) mass is 245 g/mol. The smallest absolute Gasteiger partial charge is 0.338 e. The lowest BCUT2D eigenvalue weighted by molar-refractivity contribution is -0.159. The molecule has 1 fully saturated rings. The first kappa shape index (κ1) is 14.4. The molecule has 0 aromatic carbocycles. The fourth-order valence-electron chi connectivity index (χ4n) is 2.42. The molecule has 3 N–H and O–H groups in total. The number of hydrogen-bond donors (Lipinski definition) is 3. The maximum absolute atomic E-state index is 11.2. The molecule has 3 atom stereocenters. The van der Waals surface area contributed by atoms with E-state index >= 15 is 0 Å². The summed E-state index contributed by atoms with van der Waals surface area (Å²) in [6.07, 6.45) is 3.31. The standard InChI is InChI=1S/C12H23NO4/c1-12(16,11(15)17-2)8-13-6-9-4-3-5-10(9)7-14/h9-10,13-14,16H,3-8H2,1-2H3. The van der Waals surface area contributed by atoms with Crippen LogP contribution in [0.3, 0.4) is 0 Å². The highest BCUT2D eigenvalue weighted by atomic mass is 16.5. The van der Waals surface area contributed by atoms with Crippen molar-refractivity contribution in [3.05, 3.63) is 0 Å². The van der Waals surface area contributed by atoms with Crippen LogP contribution in [0.2, 0.25) is 0 Å². The summed E-state index contributed by atoms with van der Waals surface area (Å²) in [5.74, 6) is 0.161. The lowest BCUT2D eigenvalue weighted by atomic mass is 9.96. The predicted molar refractivity (Wildman–Crippen MR) is 63.4 cm³/mol. The van der Waals surface area contributed by atoms with Crippen LogP contribution in [0.4, 0.5) is 0 Å². The Morgan fingerprint density at radius 3 is 2.71 bits per heavy atom. The van der Waals surface area contributed by atoms with E-state index in [4.69, 9.17) is 0 Å². The Bertz CT molecular complexity index is 255. The average molecular weight is 245 g/mol. The summed E-state index contributed by atoms with van der Waals surface area (Å²) in [6.45, 7) is 2.55. The number of nitrogens with one attached hydrogen (secondary N) is 1. The van der Waals surface area contributed by atoms with Gasteiger partial charge in [0.25, 0.3) is 0 Å². The Kier molecular flexibility index (Phi) is 5.36. The predicted octanol–water partition coefficient (Wildman–Crippen LogP) is -0.0914. The van der Waals surface area contributed by atoms with Crippen molar-refractivity contribution in [1.29, 1.82) is 0 Å². The van der Waals surface area contributed by atoms with Crippen molar-refractivity contribution >= 4 is 5.97 Å². The molecular weight excluding hydrogens is 222 g/mol. The van der Waals surface area contributed by atoms with E-state index in [0.717, 1.165) is 25.8 Å². The average Bonchev–Trinajstić information content (AvgIpc) is 2.75. The van der Waals surface area contributed by atoms with Crippen LogP contribution >= 0.6 is 0 Å². The number of aliphatic hydroxyl groups excluding tert-OH is 1. The van der Waals surface area contributed by atoms with E-state index in [0.29, 0.717) is 11.8 Å². The maximum atomic E-state index is 11.2. The topological polar surface area (TPSA) is 78.8 Å². The molecule has 3 unspecified atom stereocenters. The van der Waals surface area contributed by atoms with E-state index in [1.54, 1.807) is 0 Å². The number of hydrogen-bond acceptors (Lipinski definition) is 5. The van der Waals surface area contributed by atoms with E-state index in [1.807, 2.05) is 0 Å². The number of rotatable bonds is 6. The van der Waals surface area contributed by atoms with Gasteiger partial charge in [-0.3, -0.25) is 0 Å². The van der Waals surface area contributed by atoms with Crippen molar-refractivity contribution in [2.45, 2.75) is 31.8 Å².